The van der Waals surface area contributed by atoms with Crippen molar-refractivity contribution in [2.45, 2.75) is 43.9 Å². The fraction of sp³-hybridized carbons (Fsp3) is 0.846. The van der Waals surface area contributed by atoms with Crippen LogP contribution in [-0.4, -0.2) is 47.7 Å². The number of β-amino-alcohol motifs (C(OH)–C–C–N with tert-alkyl or cyclic N) is 1. The number of hydrogen-bond donors (Lipinski definition) is 2. The number of rotatable bonds is 4. The van der Waals surface area contributed by atoms with Crippen LogP contribution in [0.15, 0.2) is 4.52 Å². The molecule has 0 amide bonds. The third-order valence-electron chi connectivity index (χ3n) is 3.98. The van der Waals surface area contributed by atoms with E-state index in [-0.39, 0.29) is 12.1 Å². The maximum atomic E-state index is 9.56. The minimum Gasteiger partial charge on any atom is -0.392 e. The van der Waals surface area contributed by atoms with Crippen LogP contribution in [0.4, 0.5) is 0 Å². The number of ether oxygens (including phenoxy) is 2. The molecule has 0 aromatic carbocycles. The number of aromatic nitrogens is 2. The van der Waals surface area contributed by atoms with Crippen molar-refractivity contribution < 1.29 is 19.1 Å². The normalized spacial score (nSPS) is 29.7. The van der Waals surface area contributed by atoms with Crippen molar-refractivity contribution in [3.63, 3.8) is 0 Å². The van der Waals surface area contributed by atoms with Gasteiger partial charge in [-0.15, -0.1) is 0 Å². The smallest absolute Gasteiger partial charge is 0.243 e. The highest BCUT2D eigenvalue weighted by atomic mass is 16.5. The highest BCUT2D eigenvalue weighted by molar-refractivity contribution is 5.06. The fourth-order valence-electron chi connectivity index (χ4n) is 2.88. The largest absolute Gasteiger partial charge is 0.392 e. The van der Waals surface area contributed by atoms with Gasteiger partial charge in [0.2, 0.25) is 11.7 Å². The second-order valence-corrected chi connectivity index (χ2v) is 5.35. The van der Waals surface area contributed by atoms with Crippen LogP contribution in [0.2, 0.25) is 0 Å². The van der Waals surface area contributed by atoms with Crippen LogP contribution in [0.1, 0.15) is 43.9 Å². The van der Waals surface area contributed by atoms with Gasteiger partial charge in [0.15, 0.2) is 0 Å². The average Bonchev–Trinajstić information content (AvgIpc) is 3.09. The molecule has 3 rings (SSSR count). The summed E-state index contributed by atoms with van der Waals surface area (Å²) >= 11 is 0. The summed E-state index contributed by atoms with van der Waals surface area (Å²) in [6.45, 7) is 4.42. The van der Waals surface area contributed by atoms with Crippen molar-refractivity contribution >= 4 is 0 Å². The van der Waals surface area contributed by atoms with Crippen LogP contribution in [0.5, 0.6) is 0 Å². The first-order valence-corrected chi connectivity index (χ1v) is 7.21. The Bertz CT molecular complexity index is 439. The predicted octanol–water partition coefficient (Wildman–Crippen LogP) is 0.507. The zero-order valence-electron chi connectivity index (χ0n) is 11.7. The monoisotopic (exact) mass is 283 g/mol. The molecule has 2 fully saturated rings. The maximum absolute atomic E-state index is 9.56. The minimum absolute atomic E-state index is 0.0650. The van der Waals surface area contributed by atoms with Gasteiger partial charge in [-0.3, -0.25) is 0 Å². The molecule has 1 aromatic rings. The molecule has 7 nitrogen and oxygen atoms in total. The topological polar surface area (TPSA) is 89.6 Å². The lowest BCUT2D eigenvalue weighted by molar-refractivity contribution is -0.118. The number of aliphatic hydroxyl groups is 1. The third kappa shape index (κ3) is 2.58. The Morgan fingerprint density at radius 2 is 2.25 bits per heavy atom. The Morgan fingerprint density at radius 1 is 1.45 bits per heavy atom. The van der Waals surface area contributed by atoms with Crippen molar-refractivity contribution in [3.8, 4) is 0 Å². The zero-order valence-corrected chi connectivity index (χ0v) is 11.7. The molecule has 1 aromatic heterocycles. The highest BCUT2D eigenvalue weighted by Gasteiger charge is 2.41. The lowest BCUT2D eigenvalue weighted by atomic mass is 9.93. The van der Waals surface area contributed by atoms with Gasteiger partial charge in [-0.05, 0) is 13.3 Å². The molecule has 0 radical (unpaired) electrons. The van der Waals surface area contributed by atoms with E-state index in [2.05, 4.69) is 15.5 Å². The molecular formula is C13H21N3O4. The molecule has 2 unspecified atom stereocenters. The number of nitrogens with one attached hydrogen (secondary N) is 1. The molecular weight excluding hydrogens is 262 g/mol. The number of aliphatic hydroxyl groups excluding tert-OH is 1. The van der Waals surface area contributed by atoms with E-state index >= 15 is 0 Å². The Hall–Kier alpha value is -1.02. The summed E-state index contributed by atoms with van der Waals surface area (Å²) in [5.41, 5.74) is -0.494. The van der Waals surface area contributed by atoms with E-state index in [0.717, 1.165) is 12.8 Å². The predicted molar refractivity (Wildman–Crippen MR) is 69.0 cm³/mol. The van der Waals surface area contributed by atoms with Crippen molar-refractivity contribution in [1.29, 1.82) is 0 Å². The van der Waals surface area contributed by atoms with Crippen molar-refractivity contribution in [2.24, 2.45) is 0 Å². The van der Waals surface area contributed by atoms with Gasteiger partial charge < -0.3 is 24.4 Å². The van der Waals surface area contributed by atoms with Gasteiger partial charge in [-0.1, -0.05) is 5.16 Å². The van der Waals surface area contributed by atoms with Crippen LogP contribution in [0, 0.1) is 0 Å². The molecule has 2 atom stereocenters. The molecule has 3 heterocycles. The van der Waals surface area contributed by atoms with E-state index < -0.39 is 5.60 Å². The molecule has 7 heteroatoms. The van der Waals surface area contributed by atoms with Crippen molar-refractivity contribution in [2.75, 3.05) is 26.4 Å². The van der Waals surface area contributed by atoms with E-state index in [9.17, 15) is 5.11 Å². The Labute approximate surface area is 117 Å². The molecule has 20 heavy (non-hydrogen) atoms. The van der Waals surface area contributed by atoms with E-state index in [4.69, 9.17) is 14.0 Å². The second-order valence-electron chi connectivity index (χ2n) is 5.35. The zero-order chi connectivity index (χ0) is 14.0. The standard InChI is InChI=1S/C13H21N3O4/c1-2-19-13(3-5-18-6-4-13)12-15-11(20-16-12)10-7-9(17)8-14-10/h9-10,14,17H,2-8H2,1H3. The Kier molecular flexibility index (Phi) is 4.02. The first-order chi connectivity index (χ1) is 9.73. The van der Waals surface area contributed by atoms with E-state index in [1.54, 1.807) is 0 Å². The van der Waals surface area contributed by atoms with Crippen molar-refractivity contribution in [1.82, 2.24) is 15.5 Å². The molecule has 2 aliphatic heterocycles. The molecule has 112 valence electrons. The minimum atomic E-state index is -0.494. The van der Waals surface area contributed by atoms with Crippen LogP contribution in [0.25, 0.3) is 0 Å². The van der Waals surface area contributed by atoms with Crippen LogP contribution < -0.4 is 5.32 Å². The van der Waals surface area contributed by atoms with Crippen LogP contribution in [0.3, 0.4) is 0 Å². The fourth-order valence-corrected chi connectivity index (χ4v) is 2.88. The molecule has 0 bridgehead atoms. The van der Waals surface area contributed by atoms with Crippen LogP contribution in [-0.2, 0) is 15.1 Å². The molecule has 2 N–H and O–H groups in total. The molecule has 2 saturated heterocycles. The quantitative estimate of drug-likeness (QED) is 0.832. The third-order valence-corrected chi connectivity index (χ3v) is 3.98. The number of nitrogens with zero attached hydrogens (tertiary/aromatic N) is 2. The molecule has 0 spiro atoms. The van der Waals surface area contributed by atoms with Crippen LogP contribution >= 0.6 is 0 Å². The first kappa shape index (κ1) is 13.9. The van der Waals surface area contributed by atoms with Gasteiger partial charge in [-0.2, -0.15) is 4.98 Å². The molecule has 0 saturated carbocycles. The molecule has 0 aliphatic carbocycles. The Balaban J connectivity index is 1.79. The SMILES string of the molecule is CCOC1(c2noc(C3CC(O)CN3)n2)CCOCC1. The summed E-state index contributed by atoms with van der Waals surface area (Å²) < 4.78 is 16.7. The van der Waals surface area contributed by atoms with E-state index in [1.807, 2.05) is 6.92 Å². The van der Waals surface area contributed by atoms with Gasteiger partial charge in [0, 0.05) is 39.2 Å². The lowest BCUT2D eigenvalue weighted by Crippen LogP contribution is -2.37. The van der Waals surface area contributed by atoms with Crippen molar-refractivity contribution in [3.05, 3.63) is 11.7 Å². The van der Waals surface area contributed by atoms with Gasteiger partial charge in [0.25, 0.3) is 0 Å². The highest BCUT2D eigenvalue weighted by Crippen LogP contribution is 2.35. The van der Waals surface area contributed by atoms with E-state index in [0.29, 0.717) is 44.5 Å². The second kappa shape index (κ2) is 5.77. The maximum Gasteiger partial charge on any atom is 0.243 e. The summed E-state index contributed by atoms with van der Waals surface area (Å²) in [5, 5.41) is 16.8. The van der Waals surface area contributed by atoms with Gasteiger partial charge in [0.05, 0.1) is 12.1 Å². The summed E-state index contributed by atoms with van der Waals surface area (Å²) in [6.07, 6.45) is 1.73. The Morgan fingerprint density at radius 3 is 2.90 bits per heavy atom. The number of hydrogen-bond acceptors (Lipinski definition) is 7. The van der Waals surface area contributed by atoms with Gasteiger partial charge >= 0.3 is 0 Å². The summed E-state index contributed by atoms with van der Waals surface area (Å²) in [4.78, 5) is 4.51. The summed E-state index contributed by atoms with van der Waals surface area (Å²) in [6, 6.07) is -0.0650. The first-order valence-electron chi connectivity index (χ1n) is 7.21. The summed E-state index contributed by atoms with van der Waals surface area (Å²) in [7, 11) is 0. The lowest BCUT2D eigenvalue weighted by Gasteiger charge is -2.33. The molecule has 2 aliphatic rings. The summed E-state index contributed by atoms with van der Waals surface area (Å²) in [5.74, 6) is 1.13. The van der Waals surface area contributed by atoms with Gasteiger partial charge in [0.1, 0.15) is 5.60 Å². The average molecular weight is 283 g/mol. The van der Waals surface area contributed by atoms with Gasteiger partial charge in [-0.25, -0.2) is 0 Å². The van der Waals surface area contributed by atoms with E-state index in [1.165, 1.54) is 0 Å².